The van der Waals surface area contributed by atoms with Crippen LogP contribution in [0.4, 0.5) is 23.2 Å². The van der Waals surface area contributed by atoms with Crippen molar-refractivity contribution in [2.75, 3.05) is 5.73 Å². The Morgan fingerprint density at radius 2 is 1.80 bits per heavy atom. The van der Waals surface area contributed by atoms with Crippen molar-refractivity contribution in [1.29, 1.82) is 0 Å². The number of carbonyl (C=O) groups is 1. The summed E-state index contributed by atoms with van der Waals surface area (Å²) < 4.78 is 49.7. The third-order valence-corrected chi connectivity index (χ3v) is 1.69. The molecule has 1 amide bonds. The molecule has 0 bridgehead atoms. The lowest BCUT2D eigenvalue weighted by atomic mass is 10.0. The van der Waals surface area contributed by atoms with E-state index < -0.39 is 34.7 Å². The largest absolute Gasteiger partial charge is 0.417 e. The number of halogens is 4. The predicted octanol–water partition coefficient (Wildman–Crippen LogP) is 1.53. The molecule has 0 spiro atoms. The Labute approximate surface area is 81.7 Å². The highest BCUT2D eigenvalue weighted by Gasteiger charge is 2.36. The van der Waals surface area contributed by atoms with Crippen LogP contribution in [0.25, 0.3) is 0 Å². The van der Waals surface area contributed by atoms with Gasteiger partial charge >= 0.3 is 6.18 Å². The molecule has 4 N–H and O–H groups in total. The summed E-state index contributed by atoms with van der Waals surface area (Å²) in [7, 11) is 0. The van der Waals surface area contributed by atoms with E-state index in [1.165, 1.54) is 0 Å². The van der Waals surface area contributed by atoms with E-state index in [1.807, 2.05) is 0 Å². The van der Waals surface area contributed by atoms with E-state index in [0.29, 0.717) is 6.07 Å². The first kappa shape index (κ1) is 11.3. The summed E-state index contributed by atoms with van der Waals surface area (Å²) in [4.78, 5) is 10.7. The molecule has 7 heteroatoms. The molecule has 0 unspecified atom stereocenters. The molecule has 0 atom stereocenters. The van der Waals surface area contributed by atoms with Crippen molar-refractivity contribution in [2.45, 2.75) is 6.18 Å². The normalized spacial score (nSPS) is 11.5. The van der Waals surface area contributed by atoms with Crippen LogP contribution < -0.4 is 11.5 Å². The van der Waals surface area contributed by atoms with Gasteiger partial charge in [-0.15, -0.1) is 0 Å². The third kappa shape index (κ3) is 2.17. The minimum atomic E-state index is -4.87. The third-order valence-electron chi connectivity index (χ3n) is 1.69. The van der Waals surface area contributed by atoms with Crippen molar-refractivity contribution in [3.63, 3.8) is 0 Å². The Morgan fingerprint density at radius 3 is 2.20 bits per heavy atom. The molecular weight excluding hydrogens is 216 g/mol. The van der Waals surface area contributed by atoms with Gasteiger partial charge in [0.15, 0.2) is 0 Å². The fraction of sp³-hybridized carbons (Fsp3) is 0.125. The smallest absolute Gasteiger partial charge is 0.398 e. The lowest BCUT2D eigenvalue weighted by molar-refractivity contribution is -0.138. The van der Waals surface area contributed by atoms with Crippen LogP contribution in [0.15, 0.2) is 12.1 Å². The summed E-state index contributed by atoms with van der Waals surface area (Å²) in [5.74, 6) is -2.52. The van der Waals surface area contributed by atoms with Gasteiger partial charge in [-0.25, -0.2) is 4.39 Å². The molecule has 1 rings (SSSR count). The monoisotopic (exact) mass is 222 g/mol. The second-order valence-corrected chi connectivity index (χ2v) is 2.78. The average molecular weight is 222 g/mol. The van der Waals surface area contributed by atoms with Crippen molar-refractivity contribution in [3.05, 3.63) is 29.1 Å². The molecule has 0 saturated heterocycles. The lowest BCUT2D eigenvalue weighted by Crippen LogP contribution is -2.21. The Kier molecular flexibility index (Phi) is 2.57. The molecule has 0 aliphatic rings. The van der Waals surface area contributed by atoms with E-state index in [1.54, 1.807) is 0 Å². The van der Waals surface area contributed by atoms with Gasteiger partial charge in [0, 0.05) is 5.69 Å². The van der Waals surface area contributed by atoms with Gasteiger partial charge in [0.25, 0.3) is 5.91 Å². The second kappa shape index (κ2) is 3.41. The number of carbonyl (C=O) groups excluding carboxylic acids is 1. The second-order valence-electron chi connectivity index (χ2n) is 2.78. The van der Waals surface area contributed by atoms with Gasteiger partial charge in [0.1, 0.15) is 5.82 Å². The number of nitrogen functional groups attached to an aromatic ring is 1. The number of rotatable bonds is 1. The quantitative estimate of drug-likeness (QED) is 0.558. The first-order valence-electron chi connectivity index (χ1n) is 3.69. The van der Waals surface area contributed by atoms with E-state index >= 15 is 0 Å². The predicted molar refractivity (Wildman–Crippen MR) is 44.3 cm³/mol. The topological polar surface area (TPSA) is 69.1 Å². The van der Waals surface area contributed by atoms with Gasteiger partial charge in [-0.05, 0) is 12.1 Å². The van der Waals surface area contributed by atoms with Gasteiger partial charge in [-0.1, -0.05) is 0 Å². The highest BCUT2D eigenvalue weighted by atomic mass is 19.4. The molecule has 0 radical (unpaired) electrons. The van der Waals surface area contributed by atoms with Crippen LogP contribution >= 0.6 is 0 Å². The zero-order valence-corrected chi connectivity index (χ0v) is 7.23. The summed E-state index contributed by atoms with van der Waals surface area (Å²) in [6.07, 6.45) is -4.87. The number of benzene rings is 1. The average Bonchev–Trinajstić information content (AvgIpc) is 1.99. The summed E-state index contributed by atoms with van der Waals surface area (Å²) in [5.41, 5.74) is 6.79. The van der Waals surface area contributed by atoms with Gasteiger partial charge < -0.3 is 11.5 Å². The van der Waals surface area contributed by atoms with Crippen LogP contribution in [0.5, 0.6) is 0 Å². The van der Waals surface area contributed by atoms with E-state index in [4.69, 9.17) is 11.5 Å². The Hall–Kier alpha value is -1.79. The molecule has 1 aromatic carbocycles. The summed E-state index contributed by atoms with van der Waals surface area (Å²) in [5, 5.41) is 0. The number of nitrogens with two attached hydrogens (primary N) is 2. The molecule has 0 saturated carbocycles. The molecule has 0 aliphatic heterocycles. The SMILES string of the molecule is NC(=O)c1c(N)cc(F)cc1C(F)(F)F. The number of amides is 1. The maximum Gasteiger partial charge on any atom is 0.417 e. The zero-order chi connectivity index (χ0) is 11.8. The minimum Gasteiger partial charge on any atom is -0.398 e. The van der Waals surface area contributed by atoms with Crippen molar-refractivity contribution in [1.82, 2.24) is 0 Å². The molecule has 1 aromatic rings. The molecule has 82 valence electrons. The summed E-state index contributed by atoms with van der Waals surface area (Å²) >= 11 is 0. The van der Waals surface area contributed by atoms with Crippen LogP contribution in [0.3, 0.4) is 0 Å². The van der Waals surface area contributed by atoms with E-state index in [0.717, 1.165) is 0 Å². The van der Waals surface area contributed by atoms with Crippen LogP contribution in [-0.2, 0) is 6.18 Å². The van der Waals surface area contributed by atoms with Gasteiger partial charge in [-0.3, -0.25) is 4.79 Å². The van der Waals surface area contributed by atoms with Gasteiger partial charge in [0.05, 0.1) is 11.1 Å². The maximum absolute atomic E-state index is 12.7. The van der Waals surface area contributed by atoms with Gasteiger partial charge in [0.2, 0.25) is 0 Å². The first-order chi connectivity index (χ1) is 6.73. The van der Waals surface area contributed by atoms with Crippen LogP contribution in [0.1, 0.15) is 15.9 Å². The van der Waals surface area contributed by atoms with E-state index in [-0.39, 0.29) is 6.07 Å². The Balaban J connectivity index is 3.54. The van der Waals surface area contributed by atoms with E-state index in [9.17, 15) is 22.4 Å². The molecule has 15 heavy (non-hydrogen) atoms. The molecule has 0 fully saturated rings. The molecule has 0 aromatic heterocycles. The fourth-order valence-electron chi connectivity index (χ4n) is 1.13. The fourth-order valence-corrected chi connectivity index (χ4v) is 1.13. The molecule has 0 heterocycles. The van der Waals surface area contributed by atoms with E-state index in [2.05, 4.69) is 0 Å². The maximum atomic E-state index is 12.7. The van der Waals surface area contributed by atoms with Crippen LogP contribution in [0, 0.1) is 5.82 Å². The molecule has 3 nitrogen and oxygen atoms in total. The van der Waals surface area contributed by atoms with Crippen molar-refractivity contribution in [2.24, 2.45) is 5.73 Å². The Morgan fingerprint density at radius 1 is 1.27 bits per heavy atom. The highest BCUT2D eigenvalue weighted by molar-refractivity contribution is 5.99. The van der Waals surface area contributed by atoms with Crippen molar-refractivity contribution < 1.29 is 22.4 Å². The number of hydrogen-bond donors (Lipinski definition) is 2. The number of anilines is 1. The number of hydrogen-bond acceptors (Lipinski definition) is 2. The van der Waals surface area contributed by atoms with Gasteiger partial charge in [-0.2, -0.15) is 13.2 Å². The Bertz CT molecular complexity index is 414. The summed E-state index contributed by atoms with van der Waals surface area (Å²) in [6.45, 7) is 0. The van der Waals surface area contributed by atoms with Crippen molar-refractivity contribution >= 4 is 11.6 Å². The lowest BCUT2D eigenvalue weighted by Gasteiger charge is -2.12. The summed E-state index contributed by atoms with van der Waals surface area (Å²) in [6, 6.07) is 0.784. The number of alkyl halides is 3. The van der Waals surface area contributed by atoms with Crippen molar-refractivity contribution in [3.8, 4) is 0 Å². The minimum absolute atomic E-state index is 0.177. The van der Waals surface area contributed by atoms with Crippen LogP contribution in [-0.4, -0.2) is 5.91 Å². The van der Waals surface area contributed by atoms with Crippen LogP contribution in [0.2, 0.25) is 0 Å². The molecular formula is C8H6F4N2O. The number of primary amides is 1. The highest BCUT2D eigenvalue weighted by Crippen LogP contribution is 2.34. The first-order valence-corrected chi connectivity index (χ1v) is 3.69. The molecule has 0 aliphatic carbocycles. The zero-order valence-electron chi connectivity index (χ0n) is 7.23. The standard InChI is InChI=1S/C8H6F4N2O/c9-3-1-4(8(10,11)12)6(7(14)15)5(13)2-3/h1-2H,13H2,(H2,14,15).